The van der Waals surface area contributed by atoms with E-state index in [9.17, 15) is 21.6 Å². The van der Waals surface area contributed by atoms with Crippen molar-refractivity contribution in [3.63, 3.8) is 0 Å². The van der Waals surface area contributed by atoms with Gasteiger partial charge in [0.2, 0.25) is 5.91 Å². The lowest BCUT2D eigenvalue weighted by Gasteiger charge is -2.28. The molecule has 2 rings (SSSR count). The number of anilines is 1. The molecule has 0 unspecified atom stereocenters. The Morgan fingerprint density at radius 3 is 2.38 bits per heavy atom. The van der Waals surface area contributed by atoms with Crippen molar-refractivity contribution < 1.29 is 21.6 Å². The Labute approximate surface area is 155 Å². The Morgan fingerprint density at radius 1 is 1.23 bits per heavy atom. The summed E-state index contributed by atoms with van der Waals surface area (Å²) in [6.45, 7) is 4.05. The number of unbranched alkanes of at least 4 members (excludes halogenated alkanes) is 1. The average molecular weight is 403 g/mol. The van der Waals surface area contributed by atoms with Gasteiger partial charge >= 0.3 is 0 Å². The van der Waals surface area contributed by atoms with E-state index in [1.54, 1.807) is 7.05 Å². The molecule has 1 heterocycles. The van der Waals surface area contributed by atoms with E-state index >= 15 is 0 Å². The third kappa shape index (κ3) is 4.83. The monoisotopic (exact) mass is 402 g/mol. The highest BCUT2D eigenvalue weighted by molar-refractivity contribution is 7.96. The molecule has 7 nitrogen and oxygen atoms in total. The molecule has 1 aliphatic heterocycles. The number of hydrogen-bond donors (Lipinski definition) is 1. The number of nitrogens with one attached hydrogen (secondary N) is 1. The van der Waals surface area contributed by atoms with Crippen LogP contribution in [0.25, 0.3) is 0 Å². The molecular formula is C17H26N2O5S2. The normalized spacial score (nSPS) is 22.5. The van der Waals surface area contributed by atoms with E-state index in [1.807, 2.05) is 11.8 Å². The molecule has 1 aliphatic rings. The smallest absolute Gasteiger partial charge is 0.221 e. The SMILES string of the molecule is CCCCN(C)[C@H]1CS(=O)(=O)C[C@@H]1S(=O)(=O)c1ccc(NC(C)=O)cc1. The molecule has 1 fully saturated rings. The van der Waals surface area contributed by atoms with E-state index in [0.717, 1.165) is 12.8 Å². The first-order chi connectivity index (χ1) is 12.1. The van der Waals surface area contributed by atoms with Crippen LogP contribution in [0.4, 0.5) is 5.69 Å². The summed E-state index contributed by atoms with van der Waals surface area (Å²) in [5.41, 5.74) is 0.493. The van der Waals surface area contributed by atoms with Crippen molar-refractivity contribution in [3.05, 3.63) is 24.3 Å². The summed E-state index contributed by atoms with van der Waals surface area (Å²) in [4.78, 5) is 13.0. The highest BCUT2D eigenvalue weighted by Crippen LogP contribution is 2.29. The summed E-state index contributed by atoms with van der Waals surface area (Å²) in [6.07, 6.45) is 1.83. The fraction of sp³-hybridized carbons (Fsp3) is 0.588. The number of sulfone groups is 2. The first-order valence-corrected chi connectivity index (χ1v) is 12.0. The largest absolute Gasteiger partial charge is 0.326 e. The van der Waals surface area contributed by atoms with Crippen molar-refractivity contribution >= 4 is 31.3 Å². The second kappa shape index (κ2) is 8.06. The van der Waals surface area contributed by atoms with Gasteiger partial charge < -0.3 is 10.2 Å². The zero-order valence-corrected chi connectivity index (χ0v) is 16.9. The number of nitrogens with zero attached hydrogens (tertiary/aromatic N) is 1. The van der Waals surface area contributed by atoms with Crippen molar-refractivity contribution in [1.29, 1.82) is 0 Å². The Kier molecular flexibility index (Phi) is 6.46. The number of carbonyl (C=O) groups is 1. The molecule has 1 N–H and O–H groups in total. The van der Waals surface area contributed by atoms with Gasteiger partial charge in [-0.15, -0.1) is 0 Å². The minimum absolute atomic E-state index is 0.0718. The van der Waals surface area contributed by atoms with Gasteiger partial charge in [0, 0.05) is 18.7 Å². The molecule has 146 valence electrons. The maximum atomic E-state index is 13.1. The number of benzene rings is 1. The Balaban J connectivity index is 2.31. The second-order valence-electron chi connectivity index (χ2n) is 6.77. The number of amides is 1. The van der Waals surface area contributed by atoms with E-state index < -0.39 is 31.0 Å². The van der Waals surface area contributed by atoms with Crippen LogP contribution < -0.4 is 5.32 Å². The van der Waals surface area contributed by atoms with Crippen LogP contribution in [0.3, 0.4) is 0 Å². The predicted octanol–water partition coefficient (Wildman–Crippen LogP) is 1.32. The van der Waals surface area contributed by atoms with Crippen LogP contribution in [0.1, 0.15) is 26.7 Å². The summed E-state index contributed by atoms with van der Waals surface area (Å²) in [6, 6.07) is 5.29. The highest BCUT2D eigenvalue weighted by Gasteiger charge is 2.47. The van der Waals surface area contributed by atoms with Crippen molar-refractivity contribution in [2.45, 2.75) is 42.9 Å². The average Bonchev–Trinajstić information content (AvgIpc) is 2.89. The van der Waals surface area contributed by atoms with Crippen molar-refractivity contribution in [1.82, 2.24) is 4.90 Å². The van der Waals surface area contributed by atoms with Gasteiger partial charge in [-0.05, 0) is 44.3 Å². The molecule has 0 saturated carbocycles. The minimum Gasteiger partial charge on any atom is -0.326 e. The Hall–Kier alpha value is -1.45. The molecular weight excluding hydrogens is 376 g/mol. The molecule has 0 aromatic heterocycles. The van der Waals surface area contributed by atoms with Crippen LogP contribution in [0.2, 0.25) is 0 Å². The lowest BCUT2D eigenvalue weighted by molar-refractivity contribution is -0.114. The molecule has 0 spiro atoms. The summed E-state index contributed by atoms with van der Waals surface area (Å²) < 4.78 is 50.4. The lowest BCUT2D eigenvalue weighted by atomic mass is 10.2. The van der Waals surface area contributed by atoms with E-state index in [2.05, 4.69) is 5.32 Å². The Bertz CT molecular complexity index is 848. The van der Waals surface area contributed by atoms with E-state index in [-0.39, 0.29) is 22.3 Å². The summed E-state index contributed by atoms with van der Waals surface area (Å²) in [5.74, 6) is -0.745. The fourth-order valence-corrected chi connectivity index (χ4v) is 8.09. The van der Waals surface area contributed by atoms with Crippen LogP contribution in [0.15, 0.2) is 29.2 Å². The highest BCUT2D eigenvalue weighted by atomic mass is 32.2. The molecule has 1 saturated heterocycles. The van der Waals surface area contributed by atoms with Gasteiger partial charge in [0.15, 0.2) is 19.7 Å². The van der Waals surface area contributed by atoms with E-state index in [4.69, 9.17) is 0 Å². The summed E-state index contributed by atoms with van der Waals surface area (Å²) in [7, 11) is -5.43. The third-order valence-electron chi connectivity index (χ3n) is 4.60. The molecule has 2 atom stereocenters. The quantitative estimate of drug-likeness (QED) is 0.738. The van der Waals surface area contributed by atoms with Gasteiger partial charge in [-0.2, -0.15) is 0 Å². The van der Waals surface area contributed by atoms with Crippen molar-refractivity contribution in [2.24, 2.45) is 0 Å². The maximum absolute atomic E-state index is 13.1. The van der Waals surface area contributed by atoms with Gasteiger partial charge in [-0.1, -0.05) is 13.3 Å². The molecule has 0 aliphatic carbocycles. The Morgan fingerprint density at radius 2 is 1.85 bits per heavy atom. The van der Waals surface area contributed by atoms with Crippen LogP contribution in [-0.2, 0) is 24.5 Å². The zero-order valence-electron chi connectivity index (χ0n) is 15.3. The fourth-order valence-electron chi connectivity index (χ4n) is 3.18. The van der Waals surface area contributed by atoms with Crippen LogP contribution in [0, 0.1) is 0 Å². The van der Waals surface area contributed by atoms with Gasteiger partial charge in [0.25, 0.3) is 0 Å². The van der Waals surface area contributed by atoms with Crippen LogP contribution in [0.5, 0.6) is 0 Å². The summed E-state index contributed by atoms with van der Waals surface area (Å²) >= 11 is 0. The minimum atomic E-state index is -3.81. The molecule has 9 heteroatoms. The van der Waals surface area contributed by atoms with Gasteiger partial charge in [-0.25, -0.2) is 16.8 Å². The lowest BCUT2D eigenvalue weighted by Crippen LogP contribution is -2.44. The first kappa shape index (κ1) is 20.9. The maximum Gasteiger partial charge on any atom is 0.221 e. The second-order valence-corrected chi connectivity index (χ2v) is 11.1. The van der Waals surface area contributed by atoms with Crippen LogP contribution in [-0.4, -0.2) is 64.0 Å². The topological polar surface area (TPSA) is 101 Å². The van der Waals surface area contributed by atoms with Crippen molar-refractivity contribution in [2.75, 3.05) is 30.4 Å². The summed E-state index contributed by atoms with van der Waals surface area (Å²) in [5, 5.41) is 1.59. The predicted molar refractivity (Wildman–Crippen MR) is 102 cm³/mol. The standard InChI is InChI=1S/C17H26N2O5S2/c1-4-5-10-19(3)16-11-25(21,22)12-17(16)26(23,24)15-8-6-14(7-9-15)18-13(2)20/h6-9,16-17H,4-5,10-12H2,1-3H3,(H,18,20)/t16-,17-/m0/s1. The van der Waals surface area contributed by atoms with E-state index in [1.165, 1.54) is 31.2 Å². The van der Waals surface area contributed by atoms with Gasteiger partial charge in [0.1, 0.15) is 0 Å². The zero-order chi connectivity index (χ0) is 19.5. The number of carbonyl (C=O) groups excluding carboxylic acids is 1. The number of rotatable bonds is 7. The molecule has 1 aromatic carbocycles. The van der Waals surface area contributed by atoms with Crippen molar-refractivity contribution in [3.8, 4) is 0 Å². The molecule has 0 bridgehead atoms. The number of hydrogen-bond acceptors (Lipinski definition) is 6. The molecule has 26 heavy (non-hydrogen) atoms. The van der Waals surface area contributed by atoms with Gasteiger partial charge in [0.05, 0.1) is 21.7 Å². The van der Waals surface area contributed by atoms with E-state index in [0.29, 0.717) is 12.2 Å². The molecule has 1 amide bonds. The molecule has 1 aromatic rings. The third-order valence-corrected chi connectivity index (χ3v) is 8.74. The van der Waals surface area contributed by atoms with Crippen LogP contribution >= 0.6 is 0 Å². The molecule has 0 radical (unpaired) electrons. The van der Waals surface area contributed by atoms with Gasteiger partial charge in [-0.3, -0.25) is 4.79 Å². The first-order valence-electron chi connectivity index (χ1n) is 8.59.